The predicted octanol–water partition coefficient (Wildman–Crippen LogP) is 6.78. The predicted molar refractivity (Wildman–Crippen MR) is 106 cm³/mol. The molecule has 0 N–H and O–H groups in total. The summed E-state index contributed by atoms with van der Waals surface area (Å²) in [5.41, 5.74) is 8.62. The number of aromatic nitrogens is 1. The number of nitrogens with zero attached hydrogens (tertiary/aromatic N) is 1. The molecule has 0 bridgehead atoms. The molecule has 0 radical (unpaired) electrons. The van der Waals surface area contributed by atoms with E-state index in [0.717, 1.165) is 11.3 Å². The minimum atomic E-state index is 0.537. The van der Waals surface area contributed by atoms with Crippen LogP contribution in [0.4, 0.5) is 0 Å². The average Bonchev–Trinajstić information content (AvgIpc) is 2.57. The molecule has 2 rings (SSSR count). The van der Waals surface area contributed by atoms with Gasteiger partial charge in [-0.25, -0.2) is 0 Å². The molecule has 1 atom stereocenters. The van der Waals surface area contributed by atoms with Gasteiger partial charge in [0.15, 0.2) is 0 Å². The first-order valence-electron chi connectivity index (χ1n) is 8.88. The summed E-state index contributed by atoms with van der Waals surface area (Å²) in [5.74, 6) is 0.537. The van der Waals surface area contributed by atoms with E-state index in [2.05, 4.69) is 76.5 Å². The van der Waals surface area contributed by atoms with Gasteiger partial charge in [-0.3, -0.25) is 4.98 Å². The zero-order chi connectivity index (χ0) is 17.7. The van der Waals surface area contributed by atoms with Gasteiger partial charge in [-0.1, -0.05) is 62.8 Å². The first-order chi connectivity index (χ1) is 11.5. The number of aryl methyl sites for hydroxylation is 1. The fraction of sp³-hybridized carbons (Fsp3) is 0.348. The Hall–Kier alpha value is -2.15. The van der Waals surface area contributed by atoms with Crippen molar-refractivity contribution in [3.05, 3.63) is 77.1 Å². The molecule has 1 heterocycles. The van der Waals surface area contributed by atoms with Gasteiger partial charge in [0.1, 0.15) is 0 Å². The monoisotopic (exact) mass is 319 g/mol. The molecule has 0 spiro atoms. The Balaban J connectivity index is 2.56. The van der Waals surface area contributed by atoms with Gasteiger partial charge in [0, 0.05) is 17.5 Å². The zero-order valence-electron chi connectivity index (χ0n) is 15.7. The first-order valence-corrected chi connectivity index (χ1v) is 8.88. The van der Waals surface area contributed by atoms with Crippen molar-refractivity contribution >= 4 is 11.1 Å². The molecule has 1 nitrogen and oxygen atoms in total. The van der Waals surface area contributed by atoms with E-state index in [9.17, 15) is 0 Å². The summed E-state index contributed by atoms with van der Waals surface area (Å²) in [7, 11) is 0. The lowest BCUT2D eigenvalue weighted by Gasteiger charge is -2.19. The average molecular weight is 319 g/mol. The van der Waals surface area contributed by atoms with Crippen molar-refractivity contribution < 1.29 is 0 Å². The summed E-state index contributed by atoms with van der Waals surface area (Å²) < 4.78 is 0. The molecule has 1 aromatic heterocycles. The van der Waals surface area contributed by atoms with E-state index >= 15 is 0 Å². The van der Waals surface area contributed by atoms with Crippen LogP contribution < -0.4 is 0 Å². The first kappa shape index (κ1) is 18.2. The minimum Gasteiger partial charge on any atom is -0.261 e. The summed E-state index contributed by atoms with van der Waals surface area (Å²) in [5, 5.41) is 0. The van der Waals surface area contributed by atoms with E-state index < -0.39 is 0 Å². The Morgan fingerprint density at radius 3 is 2.58 bits per heavy atom. The van der Waals surface area contributed by atoms with E-state index in [-0.39, 0.29) is 0 Å². The fourth-order valence-corrected chi connectivity index (χ4v) is 3.36. The maximum Gasteiger partial charge on any atom is 0.0451 e. The molecule has 0 amide bonds. The summed E-state index contributed by atoms with van der Waals surface area (Å²) in [6.07, 6.45) is 6.43. The number of allylic oxidation sites excluding steroid dienone is 2. The number of pyridine rings is 1. The van der Waals surface area contributed by atoms with Crippen molar-refractivity contribution in [1.29, 1.82) is 0 Å². The topological polar surface area (TPSA) is 12.9 Å². The van der Waals surface area contributed by atoms with Crippen LogP contribution in [0.25, 0.3) is 11.1 Å². The maximum absolute atomic E-state index is 4.45. The molecule has 24 heavy (non-hydrogen) atoms. The minimum absolute atomic E-state index is 0.537. The van der Waals surface area contributed by atoms with Crippen molar-refractivity contribution in [1.82, 2.24) is 4.98 Å². The number of hydrogen-bond acceptors (Lipinski definition) is 1. The van der Waals surface area contributed by atoms with E-state index in [1.54, 1.807) is 0 Å². The van der Waals surface area contributed by atoms with Crippen molar-refractivity contribution in [2.45, 2.75) is 53.4 Å². The maximum atomic E-state index is 4.45. The van der Waals surface area contributed by atoms with Crippen LogP contribution in [0, 0.1) is 6.92 Å². The highest BCUT2D eigenvalue weighted by molar-refractivity contribution is 5.82. The van der Waals surface area contributed by atoms with E-state index in [4.69, 9.17) is 0 Å². The van der Waals surface area contributed by atoms with Crippen LogP contribution >= 0.6 is 0 Å². The third-order valence-corrected chi connectivity index (χ3v) is 4.66. The Kier molecular flexibility index (Phi) is 6.14. The summed E-state index contributed by atoms with van der Waals surface area (Å²) in [6.45, 7) is 15.0. The van der Waals surface area contributed by atoms with Crippen LogP contribution in [0.1, 0.15) is 74.4 Å². The standard InChI is InChI=1S/C23H29N/c1-7-10-17(5)23-15-19(12-13-21(23)16(3)4)20(8-2)22-11-9-14-24-18(22)6/h8-9,11-15,17H,3,7,10H2,1-2,4-6H3/b20-8-. The summed E-state index contributed by atoms with van der Waals surface area (Å²) in [6, 6.07) is 11.0. The van der Waals surface area contributed by atoms with Crippen molar-refractivity contribution in [3.8, 4) is 0 Å². The Morgan fingerprint density at radius 1 is 1.25 bits per heavy atom. The zero-order valence-corrected chi connectivity index (χ0v) is 15.7. The third-order valence-electron chi connectivity index (χ3n) is 4.66. The van der Waals surface area contributed by atoms with Crippen LogP contribution in [-0.2, 0) is 0 Å². The van der Waals surface area contributed by atoms with Gasteiger partial charge in [-0.2, -0.15) is 0 Å². The van der Waals surface area contributed by atoms with Crippen molar-refractivity contribution in [2.24, 2.45) is 0 Å². The normalized spacial score (nSPS) is 13.0. The van der Waals surface area contributed by atoms with Crippen LogP contribution in [0.15, 0.2) is 49.2 Å². The molecule has 0 fully saturated rings. The smallest absolute Gasteiger partial charge is 0.0451 e. The molecular formula is C23H29N. The number of hydrogen-bond donors (Lipinski definition) is 0. The van der Waals surface area contributed by atoms with Crippen LogP contribution in [0.2, 0.25) is 0 Å². The van der Waals surface area contributed by atoms with Crippen LogP contribution in [-0.4, -0.2) is 4.98 Å². The molecule has 126 valence electrons. The highest BCUT2D eigenvalue weighted by Crippen LogP contribution is 2.33. The van der Waals surface area contributed by atoms with Gasteiger partial charge in [0.2, 0.25) is 0 Å². The van der Waals surface area contributed by atoms with Gasteiger partial charge in [-0.15, -0.1) is 0 Å². The van der Waals surface area contributed by atoms with E-state index in [0.29, 0.717) is 5.92 Å². The van der Waals surface area contributed by atoms with Gasteiger partial charge < -0.3 is 0 Å². The Morgan fingerprint density at radius 2 is 2.00 bits per heavy atom. The van der Waals surface area contributed by atoms with E-state index in [1.807, 2.05) is 12.3 Å². The number of benzene rings is 1. The molecule has 0 saturated carbocycles. The molecular weight excluding hydrogens is 290 g/mol. The van der Waals surface area contributed by atoms with Crippen LogP contribution in [0.3, 0.4) is 0 Å². The number of rotatable bonds is 6. The lowest BCUT2D eigenvalue weighted by molar-refractivity contribution is 0.663. The molecule has 0 aliphatic rings. The largest absolute Gasteiger partial charge is 0.261 e. The fourth-order valence-electron chi connectivity index (χ4n) is 3.36. The molecule has 0 aliphatic heterocycles. The molecule has 1 unspecified atom stereocenters. The molecule has 1 heteroatoms. The van der Waals surface area contributed by atoms with Gasteiger partial charge in [-0.05, 0) is 61.4 Å². The van der Waals surface area contributed by atoms with Gasteiger partial charge in [0.05, 0.1) is 0 Å². The lowest BCUT2D eigenvalue weighted by Crippen LogP contribution is -2.01. The highest BCUT2D eigenvalue weighted by atomic mass is 14.7. The van der Waals surface area contributed by atoms with Gasteiger partial charge in [0.25, 0.3) is 0 Å². The third kappa shape index (κ3) is 3.84. The van der Waals surface area contributed by atoms with E-state index in [1.165, 1.54) is 40.7 Å². The van der Waals surface area contributed by atoms with Crippen molar-refractivity contribution in [2.75, 3.05) is 0 Å². The summed E-state index contributed by atoms with van der Waals surface area (Å²) >= 11 is 0. The SMILES string of the molecule is C=C(C)c1ccc(/C(=C/C)c2cccnc2C)cc1C(C)CCC. The quantitative estimate of drug-likeness (QED) is 0.572. The molecule has 0 aliphatic carbocycles. The second kappa shape index (κ2) is 8.10. The van der Waals surface area contributed by atoms with Gasteiger partial charge >= 0.3 is 0 Å². The molecule has 2 aromatic rings. The molecule has 1 aromatic carbocycles. The second-order valence-corrected chi connectivity index (χ2v) is 6.61. The lowest BCUT2D eigenvalue weighted by atomic mass is 9.86. The summed E-state index contributed by atoms with van der Waals surface area (Å²) in [4.78, 5) is 4.45. The highest BCUT2D eigenvalue weighted by Gasteiger charge is 2.14. The second-order valence-electron chi connectivity index (χ2n) is 6.61. The Labute approximate surface area is 147 Å². The Bertz CT molecular complexity index is 752. The van der Waals surface area contributed by atoms with Crippen LogP contribution in [0.5, 0.6) is 0 Å². The van der Waals surface area contributed by atoms with Crippen molar-refractivity contribution in [3.63, 3.8) is 0 Å². The molecule has 0 saturated heterocycles.